The topological polar surface area (TPSA) is 0 Å². The molecule has 0 amide bonds. The van der Waals surface area contributed by atoms with Gasteiger partial charge in [-0.25, -0.2) is 13.2 Å². The molecule has 0 atom stereocenters. The second kappa shape index (κ2) is 9.98. The number of rotatable bonds is 7. The Hall–Kier alpha value is -0.990. The van der Waals surface area contributed by atoms with Gasteiger partial charge >= 0.3 is 0 Å². The third-order valence-corrected chi connectivity index (χ3v) is 7.21. The second-order valence-electron chi connectivity index (χ2n) is 9.12. The lowest BCUT2D eigenvalue weighted by Gasteiger charge is -2.31. The van der Waals surface area contributed by atoms with E-state index in [-0.39, 0.29) is 5.92 Å². The molecule has 1 aromatic rings. The van der Waals surface area contributed by atoms with Crippen molar-refractivity contribution in [2.75, 3.05) is 0 Å². The Morgan fingerprint density at radius 3 is 1.63 bits per heavy atom. The predicted octanol–water partition coefficient (Wildman–Crippen LogP) is 8.15. The van der Waals surface area contributed by atoms with E-state index in [1.165, 1.54) is 69.9 Å². The second-order valence-corrected chi connectivity index (χ2v) is 9.12. The van der Waals surface area contributed by atoms with E-state index in [2.05, 4.69) is 6.92 Å². The molecule has 0 aromatic heterocycles. The molecule has 3 rings (SSSR count). The summed E-state index contributed by atoms with van der Waals surface area (Å²) < 4.78 is 40.1. The molecule has 2 fully saturated rings. The minimum Gasteiger partial charge on any atom is -0.204 e. The van der Waals surface area contributed by atoms with Crippen molar-refractivity contribution in [3.8, 4) is 0 Å². The Kier molecular flexibility index (Phi) is 7.66. The Bertz CT molecular complexity index is 558. The van der Waals surface area contributed by atoms with E-state index in [9.17, 15) is 13.2 Å². The van der Waals surface area contributed by atoms with Gasteiger partial charge in [-0.05, 0) is 67.1 Å². The third-order valence-electron chi connectivity index (χ3n) is 7.21. The molecule has 0 unspecified atom stereocenters. The highest BCUT2D eigenvalue weighted by atomic mass is 19.2. The fourth-order valence-electron chi connectivity index (χ4n) is 5.51. The molecule has 2 saturated carbocycles. The van der Waals surface area contributed by atoms with E-state index in [0.717, 1.165) is 43.4 Å². The molecule has 0 spiro atoms. The van der Waals surface area contributed by atoms with Crippen LogP contribution in [0.15, 0.2) is 12.1 Å². The third kappa shape index (κ3) is 5.74. The zero-order valence-electron chi connectivity index (χ0n) is 16.8. The maximum Gasteiger partial charge on any atom is 0.194 e. The van der Waals surface area contributed by atoms with Gasteiger partial charge in [0.1, 0.15) is 0 Å². The van der Waals surface area contributed by atoms with Crippen molar-refractivity contribution in [2.24, 2.45) is 17.8 Å². The number of hydrogen-bond donors (Lipinski definition) is 0. The van der Waals surface area contributed by atoms with Gasteiger partial charge in [0, 0.05) is 0 Å². The minimum absolute atomic E-state index is 0.180. The summed E-state index contributed by atoms with van der Waals surface area (Å²) in [6.07, 6.45) is 16.7. The lowest BCUT2D eigenvalue weighted by molar-refractivity contribution is 0.236. The molecule has 152 valence electrons. The van der Waals surface area contributed by atoms with Gasteiger partial charge in [0.2, 0.25) is 0 Å². The van der Waals surface area contributed by atoms with Crippen LogP contribution in [0.2, 0.25) is 0 Å². The van der Waals surface area contributed by atoms with Gasteiger partial charge in [-0.15, -0.1) is 0 Å². The SMILES string of the molecule is CCCC1CCC(CCCC2CCC(c3cc(F)c(F)c(F)c3)CC2)CC1. The van der Waals surface area contributed by atoms with Gasteiger partial charge < -0.3 is 0 Å². The normalized spacial score (nSPS) is 29.0. The van der Waals surface area contributed by atoms with Crippen molar-refractivity contribution in [1.82, 2.24) is 0 Å². The first-order valence-corrected chi connectivity index (χ1v) is 11.2. The predicted molar refractivity (Wildman–Crippen MR) is 105 cm³/mol. The number of hydrogen-bond acceptors (Lipinski definition) is 0. The average Bonchev–Trinajstić information content (AvgIpc) is 2.68. The summed E-state index contributed by atoms with van der Waals surface area (Å²) in [5.41, 5.74) is 0.633. The van der Waals surface area contributed by atoms with Crippen LogP contribution < -0.4 is 0 Å². The lowest BCUT2D eigenvalue weighted by atomic mass is 9.75. The molecule has 2 aliphatic carbocycles. The van der Waals surface area contributed by atoms with E-state index in [1.807, 2.05) is 0 Å². The van der Waals surface area contributed by atoms with Crippen LogP contribution in [0.3, 0.4) is 0 Å². The standard InChI is InChI=1S/C24H35F3/c1-2-4-17-7-9-18(10-8-17)5-3-6-19-11-13-20(14-12-19)21-15-22(25)24(27)23(26)16-21/h15-20H,2-14H2,1H3. The molecule has 0 N–H and O–H groups in total. The van der Waals surface area contributed by atoms with E-state index in [4.69, 9.17) is 0 Å². The Morgan fingerprint density at radius 2 is 1.15 bits per heavy atom. The zero-order chi connectivity index (χ0) is 19.2. The van der Waals surface area contributed by atoms with Crippen molar-refractivity contribution in [3.63, 3.8) is 0 Å². The summed E-state index contributed by atoms with van der Waals surface area (Å²) in [5.74, 6) is -0.590. The maximum atomic E-state index is 13.5. The van der Waals surface area contributed by atoms with Gasteiger partial charge in [-0.3, -0.25) is 0 Å². The highest BCUT2D eigenvalue weighted by Gasteiger charge is 2.25. The lowest BCUT2D eigenvalue weighted by Crippen LogP contribution is -2.16. The molecule has 1 aromatic carbocycles. The summed E-state index contributed by atoms with van der Waals surface area (Å²) in [7, 11) is 0. The maximum absolute atomic E-state index is 13.5. The molecular formula is C24H35F3. The first-order valence-electron chi connectivity index (χ1n) is 11.2. The molecule has 2 aliphatic rings. The summed E-state index contributed by atoms with van der Waals surface area (Å²) in [6.45, 7) is 2.30. The van der Waals surface area contributed by atoms with Gasteiger partial charge in [-0.1, -0.05) is 64.7 Å². The Balaban J connectivity index is 1.35. The quantitative estimate of drug-likeness (QED) is 0.419. The number of benzene rings is 1. The van der Waals surface area contributed by atoms with Crippen LogP contribution in [-0.4, -0.2) is 0 Å². The van der Waals surface area contributed by atoms with Crippen LogP contribution in [0.1, 0.15) is 102 Å². The molecular weight excluding hydrogens is 345 g/mol. The van der Waals surface area contributed by atoms with E-state index < -0.39 is 17.5 Å². The largest absolute Gasteiger partial charge is 0.204 e. The molecule has 0 aliphatic heterocycles. The molecule has 0 nitrogen and oxygen atoms in total. The number of halogens is 3. The van der Waals surface area contributed by atoms with Crippen molar-refractivity contribution in [1.29, 1.82) is 0 Å². The highest BCUT2D eigenvalue weighted by Crippen LogP contribution is 2.39. The van der Waals surface area contributed by atoms with Crippen molar-refractivity contribution in [2.45, 2.75) is 96.3 Å². The minimum atomic E-state index is -1.35. The molecule has 27 heavy (non-hydrogen) atoms. The van der Waals surface area contributed by atoms with Crippen LogP contribution in [0.5, 0.6) is 0 Å². The molecule has 0 radical (unpaired) electrons. The van der Waals surface area contributed by atoms with Gasteiger partial charge in [-0.2, -0.15) is 0 Å². The fraction of sp³-hybridized carbons (Fsp3) is 0.750. The van der Waals surface area contributed by atoms with Crippen molar-refractivity contribution in [3.05, 3.63) is 35.1 Å². The van der Waals surface area contributed by atoms with Crippen LogP contribution >= 0.6 is 0 Å². The van der Waals surface area contributed by atoms with Gasteiger partial charge in [0.15, 0.2) is 17.5 Å². The molecule has 3 heteroatoms. The van der Waals surface area contributed by atoms with Crippen molar-refractivity contribution < 1.29 is 13.2 Å². The van der Waals surface area contributed by atoms with Gasteiger partial charge in [0.25, 0.3) is 0 Å². The highest BCUT2D eigenvalue weighted by molar-refractivity contribution is 5.23. The smallest absolute Gasteiger partial charge is 0.194 e. The molecule has 0 bridgehead atoms. The van der Waals surface area contributed by atoms with E-state index in [1.54, 1.807) is 0 Å². The van der Waals surface area contributed by atoms with E-state index in [0.29, 0.717) is 5.56 Å². The van der Waals surface area contributed by atoms with Crippen LogP contribution in [0, 0.1) is 35.2 Å². The Morgan fingerprint density at radius 1 is 0.704 bits per heavy atom. The zero-order valence-corrected chi connectivity index (χ0v) is 16.8. The van der Waals surface area contributed by atoms with E-state index >= 15 is 0 Å². The summed E-state index contributed by atoms with van der Waals surface area (Å²) in [5, 5.41) is 0. The summed E-state index contributed by atoms with van der Waals surface area (Å²) >= 11 is 0. The molecule has 0 saturated heterocycles. The van der Waals surface area contributed by atoms with Gasteiger partial charge in [0.05, 0.1) is 0 Å². The molecule has 0 heterocycles. The fourth-order valence-corrected chi connectivity index (χ4v) is 5.51. The van der Waals surface area contributed by atoms with Crippen LogP contribution in [-0.2, 0) is 0 Å². The van der Waals surface area contributed by atoms with Crippen LogP contribution in [0.4, 0.5) is 13.2 Å². The summed E-state index contributed by atoms with van der Waals surface area (Å²) in [6, 6.07) is 2.39. The Labute approximate surface area is 162 Å². The monoisotopic (exact) mass is 380 g/mol. The summed E-state index contributed by atoms with van der Waals surface area (Å²) in [4.78, 5) is 0. The average molecular weight is 381 g/mol. The van der Waals surface area contributed by atoms with Crippen molar-refractivity contribution >= 4 is 0 Å². The first kappa shape index (κ1) is 20.7. The van der Waals surface area contributed by atoms with Crippen LogP contribution in [0.25, 0.3) is 0 Å². The first-order chi connectivity index (χ1) is 13.1.